The van der Waals surface area contributed by atoms with Crippen LogP contribution in [0.25, 0.3) is 0 Å². The zero-order valence-electron chi connectivity index (χ0n) is 21.4. The first-order valence-electron chi connectivity index (χ1n) is 12.0. The molecule has 1 heterocycles. The largest absolute Gasteiger partial charge is 0.343 e. The Hall–Kier alpha value is -3.49. The molecule has 194 valence electrons. The van der Waals surface area contributed by atoms with Gasteiger partial charge >= 0.3 is 6.03 Å². The Kier molecular flexibility index (Phi) is 8.66. The first-order valence-corrected chi connectivity index (χ1v) is 12.0. The van der Waals surface area contributed by atoms with Gasteiger partial charge in [0.1, 0.15) is 24.6 Å². The normalized spacial score (nSPS) is 18.2. The van der Waals surface area contributed by atoms with Gasteiger partial charge in [-0.3, -0.25) is 9.59 Å². The van der Waals surface area contributed by atoms with Crippen LogP contribution < -0.4 is 5.32 Å². The number of benzene rings is 2. The molecule has 7 nitrogen and oxygen atoms in total. The minimum atomic E-state index is -1.36. The number of likely N-dealkylation sites (tertiary alicyclic amines) is 1. The van der Waals surface area contributed by atoms with Crippen LogP contribution in [-0.4, -0.2) is 79.0 Å². The van der Waals surface area contributed by atoms with Crippen molar-refractivity contribution in [2.45, 2.75) is 44.4 Å². The number of hydrogen-bond donors (Lipinski definition) is 1. The molecule has 0 unspecified atom stereocenters. The Bertz CT molecular complexity index is 1090. The third kappa shape index (κ3) is 6.19. The lowest BCUT2D eigenvalue weighted by Crippen LogP contribution is -2.50. The fourth-order valence-corrected chi connectivity index (χ4v) is 4.45. The molecule has 0 aliphatic carbocycles. The van der Waals surface area contributed by atoms with Gasteiger partial charge in [-0.1, -0.05) is 56.3 Å². The molecule has 1 aliphatic heterocycles. The summed E-state index contributed by atoms with van der Waals surface area (Å²) in [6, 6.07) is 11.9. The van der Waals surface area contributed by atoms with E-state index >= 15 is 0 Å². The zero-order chi connectivity index (χ0) is 26.6. The first kappa shape index (κ1) is 27.1. The van der Waals surface area contributed by atoms with Crippen LogP contribution in [0.2, 0.25) is 0 Å². The predicted molar refractivity (Wildman–Crippen MR) is 134 cm³/mol. The van der Waals surface area contributed by atoms with Crippen molar-refractivity contribution in [2.75, 3.05) is 34.2 Å². The molecular weight excluding hydrogens is 466 g/mol. The van der Waals surface area contributed by atoms with Crippen molar-refractivity contribution in [3.05, 3.63) is 71.0 Å². The third-order valence-electron chi connectivity index (χ3n) is 6.35. The number of carbonyl (C=O) groups excluding carboxylic acids is 3. The van der Waals surface area contributed by atoms with Gasteiger partial charge in [-0.25, -0.2) is 13.6 Å². The van der Waals surface area contributed by atoms with Gasteiger partial charge in [0.2, 0.25) is 11.8 Å². The SMILES string of the molecule is CC(C)c1ccc([C@@H](NC(=O)[C@@H]2C[C@@H](F)CN2C(=O)CN(C)C(=O)N(C)C)c2ccccc2)cc1F. The smallest absolute Gasteiger partial charge is 0.319 e. The number of nitrogens with one attached hydrogen (secondary N) is 1. The fourth-order valence-electron chi connectivity index (χ4n) is 4.45. The molecule has 9 heteroatoms. The fraction of sp³-hybridized carbons (Fsp3) is 0.444. The maximum Gasteiger partial charge on any atom is 0.319 e. The molecule has 2 aromatic rings. The van der Waals surface area contributed by atoms with E-state index in [1.165, 1.54) is 27.8 Å². The van der Waals surface area contributed by atoms with E-state index in [9.17, 15) is 23.2 Å². The Morgan fingerprint density at radius 2 is 1.72 bits per heavy atom. The lowest BCUT2D eigenvalue weighted by molar-refractivity contribution is -0.139. The number of urea groups is 1. The van der Waals surface area contributed by atoms with E-state index in [2.05, 4.69) is 5.32 Å². The summed E-state index contributed by atoms with van der Waals surface area (Å²) in [5, 5.41) is 2.91. The molecule has 4 amide bonds. The van der Waals surface area contributed by atoms with E-state index in [1.807, 2.05) is 44.2 Å². The van der Waals surface area contributed by atoms with Gasteiger partial charge in [0, 0.05) is 27.6 Å². The number of alkyl halides is 1. The van der Waals surface area contributed by atoms with Crippen molar-refractivity contribution in [1.29, 1.82) is 0 Å². The molecule has 1 N–H and O–H groups in total. The molecule has 1 fully saturated rings. The maximum atomic E-state index is 14.8. The highest BCUT2D eigenvalue weighted by atomic mass is 19.1. The summed E-state index contributed by atoms with van der Waals surface area (Å²) in [6.07, 6.45) is -1.51. The quantitative estimate of drug-likeness (QED) is 0.630. The van der Waals surface area contributed by atoms with Gasteiger partial charge in [-0.05, 0) is 28.7 Å². The highest BCUT2D eigenvalue weighted by Gasteiger charge is 2.41. The Balaban J connectivity index is 1.85. The minimum absolute atomic E-state index is 0.000807. The summed E-state index contributed by atoms with van der Waals surface area (Å²) >= 11 is 0. The van der Waals surface area contributed by atoms with Crippen LogP contribution in [0.5, 0.6) is 0 Å². The topological polar surface area (TPSA) is 73.0 Å². The van der Waals surface area contributed by atoms with Crippen LogP contribution in [0.4, 0.5) is 13.6 Å². The second-order valence-corrected chi connectivity index (χ2v) is 9.72. The molecule has 0 saturated carbocycles. The van der Waals surface area contributed by atoms with Gasteiger partial charge in [0.05, 0.1) is 12.6 Å². The summed E-state index contributed by atoms with van der Waals surface area (Å²) in [5.74, 6) is -1.42. The van der Waals surface area contributed by atoms with E-state index in [0.717, 1.165) is 5.56 Å². The number of carbonyl (C=O) groups is 3. The van der Waals surface area contributed by atoms with Crippen LogP contribution in [-0.2, 0) is 9.59 Å². The van der Waals surface area contributed by atoms with E-state index in [4.69, 9.17) is 0 Å². The van der Waals surface area contributed by atoms with Crippen LogP contribution in [0.3, 0.4) is 0 Å². The van der Waals surface area contributed by atoms with Crippen LogP contribution in [0.15, 0.2) is 48.5 Å². The second kappa shape index (κ2) is 11.5. The molecule has 1 aliphatic rings. The summed E-state index contributed by atoms with van der Waals surface area (Å²) in [7, 11) is 4.60. The summed E-state index contributed by atoms with van der Waals surface area (Å²) in [6.45, 7) is 3.29. The zero-order valence-corrected chi connectivity index (χ0v) is 21.4. The number of halogens is 2. The van der Waals surface area contributed by atoms with E-state index < -0.39 is 30.1 Å². The van der Waals surface area contributed by atoms with Gasteiger partial charge < -0.3 is 20.0 Å². The number of rotatable bonds is 7. The molecule has 36 heavy (non-hydrogen) atoms. The van der Waals surface area contributed by atoms with Gasteiger partial charge in [-0.15, -0.1) is 0 Å². The summed E-state index contributed by atoms with van der Waals surface area (Å²) in [4.78, 5) is 42.2. The number of amides is 4. The molecule has 3 rings (SSSR count). The molecular formula is C27H34F2N4O3. The molecule has 0 radical (unpaired) electrons. The lowest BCUT2D eigenvalue weighted by Gasteiger charge is -2.29. The van der Waals surface area contributed by atoms with Crippen molar-refractivity contribution < 1.29 is 23.2 Å². The van der Waals surface area contributed by atoms with Crippen LogP contribution in [0.1, 0.15) is 48.9 Å². The van der Waals surface area contributed by atoms with Crippen molar-refractivity contribution in [3.63, 3.8) is 0 Å². The summed E-state index contributed by atoms with van der Waals surface area (Å²) < 4.78 is 29.2. The predicted octanol–water partition coefficient (Wildman–Crippen LogP) is 3.71. The Morgan fingerprint density at radius 3 is 2.31 bits per heavy atom. The molecule has 0 spiro atoms. The lowest BCUT2D eigenvalue weighted by atomic mass is 9.94. The highest BCUT2D eigenvalue weighted by molar-refractivity contribution is 5.91. The Morgan fingerprint density at radius 1 is 1.06 bits per heavy atom. The van der Waals surface area contributed by atoms with Crippen molar-refractivity contribution in [2.24, 2.45) is 0 Å². The average molecular weight is 501 g/mol. The number of likely N-dealkylation sites (N-methyl/N-ethyl adjacent to an activating group) is 1. The third-order valence-corrected chi connectivity index (χ3v) is 6.35. The van der Waals surface area contributed by atoms with E-state index in [0.29, 0.717) is 11.1 Å². The minimum Gasteiger partial charge on any atom is -0.343 e. The molecule has 3 atom stereocenters. The Labute approximate surface area is 211 Å². The average Bonchev–Trinajstić information content (AvgIpc) is 3.24. The molecule has 2 aromatic carbocycles. The standard InChI is InChI=1S/C27H34F2N4O3/c1-17(2)21-12-11-19(13-22(21)29)25(18-9-7-6-8-10-18)30-26(35)23-14-20(28)15-33(23)24(34)16-32(5)27(36)31(3)4/h6-13,17,20,23,25H,14-16H2,1-5H3,(H,30,35)/t20-,23+,25+/m1/s1. The van der Waals surface area contributed by atoms with Gasteiger partial charge in [0.15, 0.2) is 0 Å². The number of hydrogen-bond acceptors (Lipinski definition) is 3. The van der Waals surface area contributed by atoms with Crippen LogP contribution >= 0.6 is 0 Å². The van der Waals surface area contributed by atoms with Crippen molar-refractivity contribution in [1.82, 2.24) is 20.0 Å². The van der Waals surface area contributed by atoms with Crippen LogP contribution in [0, 0.1) is 5.82 Å². The van der Waals surface area contributed by atoms with Crippen molar-refractivity contribution >= 4 is 17.8 Å². The monoisotopic (exact) mass is 500 g/mol. The van der Waals surface area contributed by atoms with Gasteiger partial charge in [0.25, 0.3) is 0 Å². The van der Waals surface area contributed by atoms with Gasteiger partial charge in [-0.2, -0.15) is 0 Å². The highest BCUT2D eigenvalue weighted by Crippen LogP contribution is 2.28. The van der Waals surface area contributed by atoms with E-state index in [-0.39, 0.29) is 37.3 Å². The molecule has 0 bridgehead atoms. The second-order valence-electron chi connectivity index (χ2n) is 9.72. The maximum absolute atomic E-state index is 14.8. The molecule has 0 aromatic heterocycles. The number of nitrogens with zero attached hydrogens (tertiary/aromatic N) is 3. The first-order chi connectivity index (χ1) is 17.0. The summed E-state index contributed by atoms with van der Waals surface area (Å²) in [5.41, 5.74) is 1.84. The van der Waals surface area contributed by atoms with E-state index in [1.54, 1.807) is 26.2 Å². The molecule has 1 saturated heterocycles. The van der Waals surface area contributed by atoms with Crippen molar-refractivity contribution in [3.8, 4) is 0 Å².